The van der Waals surface area contributed by atoms with Crippen LogP contribution in [0, 0.1) is 11.3 Å². The van der Waals surface area contributed by atoms with E-state index in [-0.39, 0.29) is 17.2 Å². The van der Waals surface area contributed by atoms with Gasteiger partial charge in [0.1, 0.15) is 0 Å². The third kappa shape index (κ3) is 4.50. The average molecular weight is 238 g/mol. The second-order valence-electron chi connectivity index (χ2n) is 6.30. The fraction of sp³-hybridized carbons (Fsp3) is 0.786. The highest BCUT2D eigenvalue weighted by Gasteiger charge is 2.28. The summed E-state index contributed by atoms with van der Waals surface area (Å²) in [5, 5.41) is 0. The maximum atomic E-state index is 12.4. The number of nitrogens with two attached hydrogens (primary N) is 1. The lowest BCUT2D eigenvalue weighted by Gasteiger charge is -2.32. The Bertz CT molecular complexity index is 302. The monoisotopic (exact) mass is 238 g/mol. The van der Waals surface area contributed by atoms with Crippen LogP contribution in [0.5, 0.6) is 0 Å². The van der Waals surface area contributed by atoms with Gasteiger partial charge in [-0.15, -0.1) is 0 Å². The van der Waals surface area contributed by atoms with Gasteiger partial charge in [0.05, 0.1) is 5.92 Å². The molecule has 0 aromatic heterocycles. The van der Waals surface area contributed by atoms with E-state index >= 15 is 0 Å². The van der Waals surface area contributed by atoms with Crippen LogP contribution in [0.2, 0.25) is 0 Å². The molecule has 0 saturated heterocycles. The van der Waals surface area contributed by atoms with Crippen LogP contribution >= 0.6 is 0 Å². The molecule has 0 spiro atoms. The van der Waals surface area contributed by atoms with Gasteiger partial charge in [-0.25, -0.2) is 0 Å². The molecule has 98 valence electrons. The van der Waals surface area contributed by atoms with Crippen molar-refractivity contribution in [3.8, 4) is 0 Å². The molecule has 0 aromatic rings. The van der Waals surface area contributed by atoms with Gasteiger partial charge in [-0.2, -0.15) is 0 Å². The van der Waals surface area contributed by atoms with Crippen molar-refractivity contribution < 1.29 is 4.79 Å². The van der Waals surface area contributed by atoms with E-state index in [0.717, 1.165) is 25.9 Å². The van der Waals surface area contributed by atoms with Crippen LogP contribution < -0.4 is 5.73 Å². The van der Waals surface area contributed by atoms with Crippen LogP contribution in [0.1, 0.15) is 40.5 Å². The predicted octanol–water partition coefficient (Wildman–Crippen LogP) is 2.18. The van der Waals surface area contributed by atoms with Crippen molar-refractivity contribution in [3.63, 3.8) is 0 Å². The van der Waals surface area contributed by atoms with Gasteiger partial charge in [0.15, 0.2) is 0 Å². The highest BCUT2D eigenvalue weighted by molar-refractivity contribution is 5.79. The van der Waals surface area contributed by atoms with Crippen LogP contribution in [0.3, 0.4) is 0 Å². The lowest BCUT2D eigenvalue weighted by Crippen LogP contribution is -2.43. The number of amides is 1. The molecule has 2 N–H and O–H groups in total. The zero-order valence-electron chi connectivity index (χ0n) is 11.6. The van der Waals surface area contributed by atoms with Crippen LogP contribution in [-0.2, 0) is 4.79 Å². The van der Waals surface area contributed by atoms with Gasteiger partial charge in [-0.1, -0.05) is 32.4 Å². The summed E-state index contributed by atoms with van der Waals surface area (Å²) < 4.78 is 0. The second-order valence-corrected chi connectivity index (χ2v) is 6.30. The molecule has 1 aliphatic heterocycles. The molecule has 0 aromatic carbocycles. The molecule has 0 aliphatic carbocycles. The number of nitrogens with zero attached hydrogens (tertiary/aromatic N) is 1. The molecule has 1 atom stereocenters. The second kappa shape index (κ2) is 5.67. The van der Waals surface area contributed by atoms with Crippen molar-refractivity contribution >= 4 is 5.91 Å². The summed E-state index contributed by atoms with van der Waals surface area (Å²) in [4.78, 5) is 14.3. The standard InChI is InChI=1S/C14H26N2O/c1-11-6-5-7-16(10-11)13(17)12(9-15)8-14(2,3)4/h6,12H,5,7-10,15H2,1-4H3. The van der Waals surface area contributed by atoms with E-state index in [1.54, 1.807) is 0 Å². The maximum absolute atomic E-state index is 12.4. The average Bonchev–Trinajstić information content (AvgIpc) is 2.23. The minimum atomic E-state index is -0.0269. The van der Waals surface area contributed by atoms with Crippen molar-refractivity contribution in [3.05, 3.63) is 11.6 Å². The zero-order chi connectivity index (χ0) is 13.1. The third-order valence-corrected chi connectivity index (χ3v) is 3.14. The van der Waals surface area contributed by atoms with E-state index in [0.29, 0.717) is 6.54 Å². The van der Waals surface area contributed by atoms with Crippen molar-refractivity contribution in [2.45, 2.75) is 40.5 Å². The summed E-state index contributed by atoms with van der Waals surface area (Å²) in [5.41, 5.74) is 7.20. The largest absolute Gasteiger partial charge is 0.338 e. The number of hydrogen-bond acceptors (Lipinski definition) is 2. The first kappa shape index (κ1) is 14.2. The fourth-order valence-electron chi connectivity index (χ4n) is 2.37. The van der Waals surface area contributed by atoms with Gasteiger partial charge in [0.25, 0.3) is 0 Å². The van der Waals surface area contributed by atoms with Gasteiger partial charge in [-0.3, -0.25) is 4.79 Å². The minimum Gasteiger partial charge on any atom is -0.338 e. The summed E-state index contributed by atoms with van der Waals surface area (Å²) in [5.74, 6) is 0.204. The fourth-order valence-corrected chi connectivity index (χ4v) is 2.37. The van der Waals surface area contributed by atoms with Gasteiger partial charge in [0, 0.05) is 19.6 Å². The van der Waals surface area contributed by atoms with E-state index < -0.39 is 0 Å². The molecule has 0 saturated carbocycles. The first-order valence-corrected chi connectivity index (χ1v) is 6.48. The van der Waals surface area contributed by atoms with Crippen LogP contribution in [0.15, 0.2) is 11.6 Å². The molecular weight excluding hydrogens is 212 g/mol. The third-order valence-electron chi connectivity index (χ3n) is 3.14. The molecule has 3 nitrogen and oxygen atoms in total. The quantitative estimate of drug-likeness (QED) is 0.766. The summed E-state index contributed by atoms with van der Waals surface area (Å²) in [6.45, 7) is 10.6. The van der Waals surface area contributed by atoms with Crippen LogP contribution in [0.4, 0.5) is 0 Å². The van der Waals surface area contributed by atoms with Crippen LogP contribution in [0.25, 0.3) is 0 Å². The molecule has 1 amide bonds. The molecule has 1 heterocycles. The smallest absolute Gasteiger partial charge is 0.227 e. The molecule has 3 heteroatoms. The van der Waals surface area contributed by atoms with Gasteiger partial charge in [0.2, 0.25) is 5.91 Å². The van der Waals surface area contributed by atoms with Crippen LogP contribution in [-0.4, -0.2) is 30.4 Å². The molecule has 1 rings (SSSR count). The Hall–Kier alpha value is -0.830. The minimum absolute atomic E-state index is 0.0269. The molecule has 0 bridgehead atoms. The SMILES string of the molecule is CC1=CCCN(C(=O)C(CN)CC(C)(C)C)C1. The van der Waals surface area contributed by atoms with Crippen molar-refractivity contribution in [2.75, 3.05) is 19.6 Å². The first-order valence-electron chi connectivity index (χ1n) is 6.48. The Morgan fingerprint density at radius 2 is 2.18 bits per heavy atom. The molecule has 0 fully saturated rings. The van der Waals surface area contributed by atoms with Crippen molar-refractivity contribution in [1.82, 2.24) is 4.90 Å². The van der Waals surface area contributed by atoms with E-state index in [1.165, 1.54) is 5.57 Å². The van der Waals surface area contributed by atoms with E-state index in [2.05, 4.69) is 33.8 Å². The number of carbonyl (C=O) groups is 1. The highest BCUT2D eigenvalue weighted by Crippen LogP contribution is 2.26. The first-order chi connectivity index (χ1) is 7.83. The van der Waals surface area contributed by atoms with E-state index in [1.807, 2.05) is 4.90 Å². The predicted molar refractivity (Wildman–Crippen MR) is 71.6 cm³/mol. The van der Waals surface area contributed by atoms with E-state index in [9.17, 15) is 4.79 Å². The lowest BCUT2D eigenvalue weighted by molar-refractivity contribution is -0.136. The maximum Gasteiger partial charge on any atom is 0.227 e. The molecule has 1 aliphatic rings. The zero-order valence-corrected chi connectivity index (χ0v) is 11.6. The number of rotatable bonds is 3. The summed E-state index contributed by atoms with van der Waals surface area (Å²) >= 11 is 0. The normalized spacial score (nSPS) is 18.9. The van der Waals surface area contributed by atoms with E-state index in [4.69, 9.17) is 5.73 Å². The Kier molecular flexibility index (Phi) is 4.75. The Morgan fingerprint density at radius 3 is 2.65 bits per heavy atom. The lowest BCUT2D eigenvalue weighted by atomic mass is 9.84. The molecule has 1 unspecified atom stereocenters. The molecular formula is C14H26N2O. The Morgan fingerprint density at radius 1 is 1.53 bits per heavy atom. The number of carbonyl (C=O) groups excluding carboxylic acids is 1. The number of hydrogen-bond donors (Lipinski definition) is 1. The summed E-state index contributed by atoms with van der Waals surface area (Å²) in [6.07, 6.45) is 4.05. The Labute approximate surface area is 105 Å². The Balaban J connectivity index is 2.63. The van der Waals surface area contributed by atoms with Crippen molar-refractivity contribution in [1.29, 1.82) is 0 Å². The van der Waals surface area contributed by atoms with Gasteiger partial charge < -0.3 is 10.6 Å². The highest BCUT2D eigenvalue weighted by atomic mass is 16.2. The van der Waals surface area contributed by atoms with Gasteiger partial charge >= 0.3 is 0 Å². The molecule has 0 radical (unpaired) electrons. The molecule has 17 heavy (non-hydrogen) atoms. The summed E-state index contributed by atoms with van der Waals surface area (Å²) in [7, 11) is 0. The summed E-state index contributed by atoms with van der Waals surface area (Å²) in [6, 6.07) is 0. The van der Waals surface area contributed by atoms with Gasteiger partial charge in [-0.05, 0) is 25.2 Å². The van der Waals surface area contributed by atoms with Crippen molar-refractivity contribution in [2.24, 2.45) is 17.1 Å². The topological polar surface area (TPSA) is 46.3 Å².